The monoisotopic (exact) mass is 388 g/mol. The molecule has 2 aliphatic rings. The lowest BCUT2D eigenvalue weighted by atomic mass is 9.91. The Morgan fingerprint density at radius 1 is 1.04 bits per heavy atom. The molecular weight excluding hydrogens is 356 g/mol. The third-order valence-corrected chi connectivity index (χ3v) is 5.95. The van der Waals surface area contributed by atoms with E-state index in [-0.39, 0.29) is 24.4 Å². The third kappa shape index (κ3) is 4.10. The lowest BCUT2D eigenvalue weighted by Gasteiger charge is -2.44. The highest BCUT2D eigenvalue weighted by Crippen LogP contribution is 2.36. The Morgan fingerprint density at radius 2 is 1.75 bits per heavy atom. The average Bonchev–Trinajstić information content (AvgIpc) is 2.74. The minimum Gasteiger partial charge on any atom is -0.493 e. The van der Waals surface area contributed by atoms with Crippen LogP contribution in [0, 0.1) is 0 Å². The fraction of sp³-hybridized carbons (Fsp3) is 0.636. The summed E-state index contributed by atoms with van der Waals surface area (Å²) in [6, 6.07) is 5.11. The van der Waals surface area contributed by atoms with Gasteiger partial charge in [0, 0.05) is 12.6 Å². The van der Waals surface area contributed by atoms with E-state index < -0.39 is 6.04 Å². The number of benzene rings is 1. The molecule has 0 unspecified atom stereocenters. The second-order valence-electron chi connectivity index (χ2n) is 7.72. The Balaban J connectivity index is 1.95. The van der Waals surface area contributed by atoms with Crippen LogP contribution in [0.15, 0.2) is 18.2 Å². The summed E-state index contributed by atoms with van der Waals surface area (Å²) >= 11 is 0. The number of nitrogens with zero attached hydrogens (tertiary/aromatic N) is 2. The second kappa shape index (κ2) is 9.30. The van der Waals surface area contributed by atoms with Crippen molar-refractivity contribution in [1.29, 1.82) is 0 Å². The molecule has 0 spiro atoms. The number of piperazine rings is 1. The second-order valence-corrected chi connectivity index (χ2v) is 7.72. The molecular formula is C22H32N2O4. The fourth-order valence-electron chi connectivity index (χ4n) is 4.38. The zero-order valence-corrected chi connectivity index (χ0v) is 17.3. The van der Waals surface area contributed by atoms with Gasteiger partial charge in [-0.3, -0.25) is 9.59 Å². The Bertz CT molecular complexity index is 700. The lowest BCUT2D eigenvalue weighted by Crippen LogP contribution is -2.58. The van der Waals surface area contributed by atoms with Crippen LogP contribution in [0.2, 0.25) is 0 Å². The highest BCUT2D eigenvalue weighted by atomic mass is 16.5. The van der Waals surface area contributed by atoms with E-state index in [1.165, 1.54) is 6.42 Å². The molecule has 1 saturated carbocycles. The number of ether oxygens (including phenoxy) is 2. The van der Waals surface area contributed by atoms with Crippen molar-refractivity contribution in [3.8, 4) is 11.5 Å². The van der Waals surface area contributed by atoms with E-state index >= 15 is 0 Å². The van der Waals surface area contributed by atoms with Crippen molar-refractivity contribution in [3.05, 3.63) is 23.8 Å². The number of methoxy groups -OCH3 is 2. The van der Waals surface area contributed by atoms with Gasteiger partial charge in [-0.1, -0.05) is 38.7 Å². The van der Waals surface area contributed by atoms with Crippen LogP contribution in [0.4, 0.5) is 0 Å². The summed E-state index contributed by atoms with van der Waals surface area (Å²) in [6.45, 7) is 2.89. The summed E-state index contributed by atoms with van der Waals surface area (Å²) in [5, 5.41) is 0. The molecule has 0 radical (unpaired) electrons. The Hall–Kier alpha value is -2.24. The lowest BCUT2D eigenvalue weighted by molar-refractivity contribution is -0.159. The van der Waals surface area contributed by atoms with Crippen molar-refractivity contribution in [1.82, 2.24) is 9.80 Å². The maximum atomic E-state index is 13.6. The van der Waals surface area contributed by atoms with Crippen molar-refractivity contribution in [3.63, 3.8) is 0 Å². The first-order valence-electron chi connectivity index (χ1n) is 10.4. The molecule has 1 heterocycles. The normalized spacial score (nSPS) is 21.2. The van der Waals surface area contributed by atoms with Gasteiger partial charge in [-0.15, -0.1) is 0 Å². The zero-order valence-electron chi connectivity index (χ0n) is 17.3. The number of hydrogen-bond donors (Lipinski definition) is 0. The molecule has 1 aromatic rings. The first-order valence-corrected chi connectivity index (χ1v) is 10.4. The Morgan fingerprint density at radius 3 is 2.39 bits per heavy atom. The van der Waals surface area contributed by atoms with Crippen LogP contribution in [0.5, 0.6) is 11.5 Å². The predicted molar refractivity (Wildman–Crippen MR) is 107 cm³/mol. The van der Waals surface area contributed by atoms with Gasteiger partial charge < -0.3 is 19.3 Å². The molecule has 154 valence electrons. The van der Waals surface area contributed by atoms with Crippen LogP contribution in [-0.2, 0) is 9.59 Å². The van der Waals surface area contributed by atoms with E-state index in [0.29, 0.717) is 18.0 Å². The van der Waals surface area contributed by atoms with Gasteiger partial charge in [0.05, 0.1) is 14.2 Å². The third-order valence-electron chi connectivity index (χ3n) is 5.95. The highest BCUT2D eigenvalue weighted by Gasteiger charge is 2.42. The van der Waals surface area contributed by atoms with Gasteiger partial charge in [-0.25, -0.2) is 0 Å². The standard InChI is InChI=1S/C22H32N2O4/c1-4-5-13-23-20(25)15-24(17-9-7-6-8-10-17)22(26)21(23)16-11-12-18(27-2)19(14-16)28-3/h11-12,14,17,21H,4-10,13,15H2,1-3H3/t21-/m1/s1. The van der Waals surface area contributed by atoms with Gasteiger partial charge >= 0.3 is 0 Å². The van der Waals surface area contributed by atoms with Crippen molar-refractivity contribution in [2.45, 2.75) is 64.0 Å². The molecule has 2 fully saturated rings. The van der Waals surface area contributed by atoms with Crippen molar-refractivity contribution >= 4 is 11.8 Å². The maximum absolute atomic E-state index is 13.6. The fourth-order valence-corrected chi connectivity index (χ4v) is 4.38. The van der Waals surface area contributed by atoms with Crippen LogP contribution in [0.3, 0.4) is 0 Å². The van der Waals surface area contributed by atoms with Gasteiger partial charge in [0.25, 0.3) is 5.91 Å². The van der Waals surface area contributed by atoms with E-state index in [1.54, 1.807) is 19.1 Å². The van der Waals surface area contributed by atoms with Crippen molar-refractivity contribution in [2.75, 3.05) is 27.3 Å². The van der Waals surface area contributed by atoms with Crippen LogP contribution in [-0.4, -0.2) is 55.0 Å². The highest BCUT2D eigenvalue weighted by molar-refractivity contribution is 5.96. The summed E-state index contributed by atoms with van der Waals surface area (Å²) in [7, 11) is 3.17. The predicted octanol–water partition coefficient (Wildman–Crippen LogP) is 3.55. The van der Waals surface area contributed by atoms with E-state index in [4.69, 9.17) is 9.47 Å². The SMILES string of the molecule is CCCCN1C(=O)CN(C2CCCCC2)C(=O)[C@H]1c1ccc(OC)c(OC)c1. The van der Waals surface area contributed by atoms with Gasteiger partial charge in [0.1, 0.15) is 12.6 Å². The number of rotatable bonds is 7. The van der Waals surface area contributed by atoms with Gasteiger partial charge in [-0.2, -0.15) is 0 Å². The largest absolute Gasteiger partial charge is 0.493 e. The van der Waals surface area contributed by atoms with E-state index in [2.05, 4.69) is 6.92 Å². The number of hydrogen-bond acceptors (Lipinski definition) is 4. The first kappa shape index (κ1) is 20.5. The summed E-state index contributed by atoms with van der Waals surface area (Å²) in [4.78, 5) is 30.2. The number of carbonyl (C=O) groups is 2. The van der Waals surface area contributed by atoms with Crippen LogP contribution in [0.25, 0.3) is 0 Å². The van der Waals surface area contributed by atoms with Crippen molar-refractivity contribution < 1.29 is 19.1 Å². The molecule has 1 saturated heterocycles. The molecule has 1 atom stereocenters. The molecule has 6 heteroatoms. The number of carbonyl (C=O) groups excluding carboxylic acids is 2. The molecule has 6 nitrogen and oxygen atoms in total. The summed E-state index contributed by atoms with van der Waals surface area (Å²) < 4.78 is 10.8. The van der Waals surface area contributed by atoms with Crippen LogP contribution >= 0.6 is 0 Å². The van der Waals surface area contributed by atoms with Gasteiger partial charge in [0.15, 0.2) is 11.5 Å². The van der Waals surface area contributed by atoms with Crippen LogP contribution in [0.1, 0.15) is 63.5 Å². The average molecular weight is 389 g/mol. The summed E-state index contributed by atoms with van der Waals surface area (Å²) in [5.74, 6) is 1.27. The summed E-state index contributed by atoms with van der Waals surface area (Å²) in [5.41, 5.74) is 0.785. The maximum Gasteiger partial charge on any atom is 0.250 e. The molecule has 1 aromatic carbocycles. The quantitative estimate of drug-likeness (QED) is 0.717. The van der Waals surface area contributed by atoms with Crippen molar-refractivity contribution in [2.24, 2.45) is 0 Å². The molecule has 0 bridgehead atoms. The molecule has 3 rings (SSSR count). The van der Waals surface area contributed by atoms with Gasteiger partial charge in [0.2, 0.25) is 5.91 Å². The molecule has 0 aromatic heterocycles. The van der Waals surface area contributed by atoms with E-state index in [0.717, 1.165) is 44.1 Å². The molecule has 28 heavy (non-hydrogen) atoms. The zero-order chi connectivity index (χ0) is 20.1. The van der Waals surface area contributed by atoms with Crippen LogP contribution < -0.4 is 9.47 Å². The number of amides is 2. The smallest absolute Gasteiger partial charge is 0.250 e. The number of unbranched alkanes of at least 4 members (excludes halogenated alkanes) is 1. The Labute approximate surface area is 167 Å². The van der Waals surface area contributed by atoms with E-state index in [9.17, 15) is 9.59 Å². The molecule has 1 aliphatic heterocycles. The molecule has 0 N–H and O–H groups in total. The Kier molecular flexibility index (Phi) is 6.81. The summed E-state index contributed by atoms with van der Waals surface area (Å²) in [6.07, 6.45) is 7.31. The molecule has 2 amide bonds. The topological polar surface area (TPSA) is 59.1 Å². The van der Waals surface area contributed by atoms with E-state index in [1.807, 2.05) is 23.1 Å². The van der Waals surface area contributed by atoms with Gasteiger partial charge in [-0.05, 0) is 37.0 Å². The minimum absolute atomic E-state index is 0.0369. The minimum atomic E-state index is -0.588. The first-order chi connectivity index (χ1) is 13.6. The molecule has 1 aliphatic carbocycles.